The first kappa shape index (κ1) is 18.4. The maximum Gasteiger partial charge on any atom is 0.231 e. The maximum atomic E-state index is 13.3. The van der Waals surface area contributed by atoms with Gasteiger partial charge >= 0.3 is 0 Å². The van der Waals surface area contributed by atoms with Crippen LogP contribution in [0.15, 0.2) is 30.3 Å². The molecule has 1 aromatic carbocycles. The van der Waals surface area contributed by atoms with Crippen molar-refractivity contribution in [3.8, 4) is 0 Å². The van der Waals surface area contributed by atoms with Crippen molar-refractivity contribution in [3.63, 3.8) is 0 Å². The van der Waals surface area contributed by atoms with Crippen LogP contribution in [0.3, 0.4) is 0 Å². The van der Waals surface area contributed by atoms with Gasteiger partial charge in [0.05, 0.1) is 12.0 Å². The molecule has 2 saturated heterocycles. The highest BCUT2D eigenvalue weighted by molar-refractivity contribution is 5.83. The quantitative estimate of drug-likeness (QED) is 0.883. The number of nitrogens with zero attached hydrogens (tertiary/aromatic N) is 2. The number of carbonyl (C=O) groups excluding carboxylic acids is 1. The summed E-state index contributed by atoms with van der Waals surface area (Å²) in [5.74, 6) is 0.303. The fraction of sp³-hybridized carbons (Fsp3) is 0.650. The minimum Gasteiger partial charge on any atom is -0.384 e. The molecule has 2 fully saturated rings. The molecule has 0 radical (unpaired) electrons. The Morgan fingerprint density at radius 1 is 1.12 bits per heavy atom. The third-order valence-electron chi connectivity index (χ3n) is 5.56. The highest BCUT2D eigenvalue weighted by atomic mass is 16.5. The molecule has 0 atom stereocenters. The summed E-state index contributed by atoms with van der Waals surface area (Å²) in [6, 6.07) is 10.6. The summed E-state index contributed by atoms with van der Waals surface area (Å²) in [6.45, 7) is 7.01. The van der Waals surface area contributed by atoms with E-state index in [2.05, 4.69) is 45.4 Å². The van der Waals surface area contributed by atoms with Gasteiger partial charge in [-0.1, -0.05) is 30.3 Å². The Hall–Kier alpha value is -1.43. The van der Waals surface area contributed by atoms with E-state index in [1.165, 1.54) is 5.56 Å². The molecule has 5 nitrogen and oxygen atoms in total. The predicted octanol–water partition coefficient (Wildman–Crippen LogP) is 1.74. The lowest BCUT2D eigenvalue weighted by molar-refractivity contribution is -0.147. The fourth-order valence-electron chi connectivity index (χ4n) is 4.11. The number of nitrogens with one attached hydrogen (secondary N) is 1. The summed E-state index contributed by atoms with van der Waals surface area (Å²) in [5, 5.41) is 3.37. The van der Waals surface area contributed by atoms with Crippen molar-refractivity contribution >= 4 is 5.91 Å². The van der Waals surface area contributed by atoms with Crippen LogP contribution in [-0.4, -0.2) is 68.7 Å². The van der Waals surface area contributed by atoms with Gasteiger partial charge in [0.2, 0.25) is 5.91 Å². The second-order valence-electron chi connectivity index (χ2n) is 7.37. The van der Waals surface area contributed by atoms with E-state index in [9.17, 15) is 4.79 Å². The molecule has 0 aliphatic carbocycles. The number of hydrogen-bond acceptors (Lipinski definition) is 4. The molecule has 2 aliphatic rings. The topological polar surface area (TPSA) is 44.8 Å². The van der Waals surface area contributed by atoms with Crippen LogP contribution in [0.5, 0.6) is 0 Å². The molecular weight excluding hydrogens is 314 g/mol. The lowest BCUT2D eigenvalue weighted by Gasteiger charge is -2.39. The Bertz CT molecular complexity index is 538. The number of piperidine rings is 1. The van der Waals surface area contributed by atoms with Crippen molar-refractivity contribution in [2.45, 2.75) is 25.8 Å². The molecule has 0 aromatic heterocycles. The zero-order valence-corrected chi connectivity index (χ0v) is 15.4. The zero-order chi connectivity index (χ0) is 17.5. The summed E-state index contributed by atoms with van der Waals surface area (Å²) >= 11 is 0. The van der Waals surface area contributed by atoms with E-state index in [-0.39, 0.29) is 5.41 Å². The molecule has 138 valence electrons. The van der Waals surface area contributed by atoms with Crippen LogP contribution >= 0.6 is 0 Å². The Balaban J connectivity index is 1.60. The Kier molecular flexibility index (Phi) is 6.45. The molecule has 1 aromatic rings. The molecule has 1 amide bonds. The van der Waals surface area contributed by atoms with Crippen LogP contribution in [0.25, 0.3) is 0 Å². The highest BCUT2D eigenvalue weighted by Crippen LogP contribution is 2.32. The van der Waals surface area contributed by atoms with Gasteiger partial charge in [-0.15, -0.1) is 0 Å². The molecule has 2 heterocycles. The summed E-state index contributed by atoms with van der Waals surface area (Å²) in [7, 11) is 1.71. The Morgan fingerprint density at radius 3 is 2.60 bits per heavy atom. The van der Waals surface area contributed by atoms with Gasteiger partial charge in [-0.05, 0) is 37.9 Å². The second kappa shape index (κ2) is 8.79. The predicted molar refractivity (Wildman–Crippen MR) is 99.3 cm³/mol. The summed E-state index contributed by atoms with van der Waals surface area (Å²) in [6.07, 6.45) is 2.80. The van der Waals surface area contributed by atoms with Crippen LogP contribution in [0.1, 0.15) is 24.8 Å². The van der Waals surface area contributed by atoms with E-state index < -0.39 is 0 Å². The van der Waals surface area contributed by atoms with Gasteiger partial charge < -0.3 is 15.0 Å². The van der Waals surface area contributed by atoms with Crippen molar-refractivity contribution in [2.24, 2.45) is 5.41 Å². The number of methoxy groups -OCH3 is 1. The van der Waals surface area contributed by atoms with Gasteiger partial charge in [0.15, 0.2) is 0 Å². The molecule has 0 bridgehead atoms. The first-order valence-corrected chi connectivity index (χ1v) is 9.49. The number of benzene rings is 1. The van der Waals surface area contributed by atoms with E-state index in [1.54, 1.807) is 7.11 Å². The maximum absolute atomic E-state index is 13.3. The Labute approximate surface area is 151 Å². The number of carbonyl (C=O) groups is 1. The molecule has 2 aliphatic heterocycles. The van der Waals surface area contributed by atoms with Gasteiger partial charge in [-0.25, -0.2) is 0 Å². The van der Waals surface area contributed by atoms with Crippen LogP contribution in [0, 0.1) is 5.41 Å². The normalized spacial score (nSPS) is 21.7. The molecule has 1 N–H and O–H groups in total. The van der Waals surface area contributed by atoms with E-state index in [4.69, 9.17) is 4.74 Å². The third-order valence-corrected chi connectivity index (χ3v) is 5.56. The molecule has 25 heavy (non-hydrogen) atoms. The van der Waals surface area contributed by atoms with Crippen LogP contribution in [0.4, 0.5) is 0 Å². The zero-order valence-electron chi connectivity index (χ0n) is 15.4. The van der Waals surface area contributed by atoms with E-state index in [0.717, 1.165) is 65.1 Å². The van der Waals surface area contributed by atoms with Crippen molar-refractivity contribution < 1.29 is 9.53 Å². The minimum atomic E-state index is -0.325. The molecule has 5 heteroatoms. The lowest BCUT2D eigenvalue weighted by atomic mass is 9.78. The number of rotatable bonds is 5. The molecule has 0 saturated carbocycles. The minimum absolute atomic E-state index is 0.303. The molecule has 0 spiro atoms. The number of amides is 1. The van der Waals surface area contributed by atoms with Crippen molar-refractivity contribution in [1.82, 2.24) is 15.1 Å². The van der Waals surface area contributed by atoms with Gasteiger partial charge in [-0.3, -0.25) is 9.69 Å². The van der Waals surface area contributed by atoms with Crippen LogP contribution < -0.4 is 5.32 Å². The van der Waals surface area contributed by atoms with Gasteiger partial charge in [-0.2, -0.15) is 0 Å². The molecular formula is C20H31N3O2. The first-order valence-electron chi connectivity index (χ1n) is 9.49. The van der Waals surface area contributed by atoms with E-state index >= 15 is 0 Å². The Morgan fingerprint density at radius 2 is 1.88 bits per heavy atom. The largest absolute Gasteiger partial charge is 0.384 e. The van der Waals surface area contributed by atoms with E-state index in [1.807, 2.05) is 0 Å². The highest BCUT2D eigenvalue weighted by Gasteiger charge is 2.42. The summed E-state index contributed by atoms with van der Waals surface area (Å²) in [5.41, 5.74) is 1.02. The SMILES string of the molecule is COCC1(C(=O)N2CCCN(Cc3ccccc3)CC2)CCNCC1. The monoisotopic (exact) mass is 345 g/mol. The smallest absolute Gasteiger partial charge is 0.231 e. The lowest BCUT2D eigenvalue weighted by Crippen LogP contribution is -2.52. The third kappa shape index (κ3) is 4.60. The number of hydrogen-bond donors (Lipinski definition) is 1. The van der Waals surface area contributed by atoms with E-state index in [0.29, 0.717) is 12.5 Å². The van der Waals surface area contributed by atoms with Crippen molar-refractivity contribution in [3.05, 3.63) is 35.9 Å². The van der Waals surface area contributed by atoms with Crippen molar-refractivity contribution in [1.29, 1.82) is 0 Å². The summed E-state index contributed by atoms with van der Waals surface area (Å²) in [4.78, 5) is 17.8. The first-order chi connectivity index (χ1) is 12.2. The number of ether oxygens (including phenoxy) is 1. The second-order valence-corrected chi connectivity index (χ2v) is 7.37. The molecule has 0 unspecified atom stereocenters. The standard InChI is InChI=1S/C20H31N3O2/c1-25-17-20(8-10-21-11-9-20)19(24)23-13-5-12-22(14-15-23)16-18-6-3-2-4-7-18/h2-4,6-7,21H,5,8-17H2,1H3. The average Bonchev–Trinajstić information content (AvgIpc) is 2.88. The van der Waals surface area contributed by atoms with Gasteiger partial charge in [0, 0.05) is 39.8 Å². The fourth-order valence-corrected chi connectivity index (χ4v) is 4.11. The van der Waals surface area contributed by atoms with Crippen molar-refractivity contribution in [2.75, 3.05) is 53.0 Å². The van der Waals surface area contributed by atoms with Crippen LogP contribution in [0.2, 0.25) is 0 Å². The molecule has 3 rings (SSSR count). The van der Waals surface area contributed by atoms with Crippen LogP contribution in [-0.2, 0) is 16.1 Å². The average molecular weight is 345 g/mol. The van der Waals surface area contributed by atoms with Gasteiger partial charge in [0.1, 0.15) is 0 Å². The van der Waals surface area contributed by atoms with Gasteiger partial charge in [0.25, 0.3) is 0 Å². The summed E-state index contributed by atoms with van der Waals surface area (Å²) < 4.78 is 5.44.